The van der Waals surface area contributed by atoms with Crippen molar-refractivity contribution in [1.29, 1.82) is 0 Å². The molecule has 1 aromatic heterocycles. The van der Waals surface area contributed by atoms with E-state index in [2.05, 4.69) is 5.32 Å². The Morgan fingerprint density at radius 1 is 1.12 bits per heavy atom. The highest BCUT2D eigenvalue weighted by atomic mass is 32.2. The second-order valence-corrected chi connectivity index (χ2v) is 10.7. The van der Waals surface area contributed by atoms with Gasteiger partial charge in [0.1, 0.15) is 4.21 Å². The molecule has 0 spiro atoms. The van der Waals surface area contributed by atoms with Crippen LogP contribution < -0.4 is 5.32 Å². The van der Waals surface area contributed by atoms with Crippen molar-refractivity contribution in [1.82, 2.24) is 9.62 Å². The highest BCUT2D eigenvalue weighted by Gasteiger charge is 2.34. The van der Waals surface area contributed by atoms with Gasteiger partial charge >= 0.3 is 0 Å². The first-order valence-electron chi connectivity index (χ1n) is 9.34. The fraction of sp³-hybridized carbons (Fsp3) is 0.722. The van der Waals surface area contributed by atoms with Gasteiger partial charge in [0, 0.05) is 24.0 Å². The van der Waals surface area contributed by atoms with Crippen LogP contribution in [0.3, 0.4) is 0 Å². The van der Waals surface area contributed by atoms with Crippen molar-refractivity contribution in [2.24, 2.45) is 5.92 Å². The maximum absolute atomic E-state index is 12.8. The van der Waals surface area contributed by atoms with Gasteiger partial charge in [-0.1, -0.05) is 25.7 Å². The number of piperidine rings is 1. The van der Waals surface area contributed by atoms with E-state index in [0.717, 1.165) is 30.6 Å². The van der Waals surface area contributed by atoms with Crippen LogP contribution >= 0.6 is 11.3 Å². The highest BCUT2D eigenvalue weighted by molar-refractivity contribution is 7.91. The zero-order valence-electron chi connectivity index (χ0n) is 14.9. The second-order valence-electron chi connectivity index (χ2n) is 7.26. The number of nitrogens with one attached hydrogen (secondary N) is 1. The Hall–Kier alpha value is -0.920. The van der Waals surface area contributed by atoms with Gasteiger partial charge in [0.25, 0.3) is 10.0 Å². The molecule has 25 heavy (non-hydrogen) atoms. The molecule has 7 heteroatoms. The zero-order chi connectivity index (χ0) is 17.9. The summed E-state index contributed by atoms with van der Waals surface area (Å²) in [5.74, 6) is -0.193. The molecule has 0 bridgehead atoms. The molecule has 3 rings (SSSR count). The summed E-state index contributed by atoms with van der Waals surface area (Å²) in [4.78, 5) is 13.6. The van der Waals surface area contributed by atoms with Gasteiger partial charge in [0.05, 0.1) is 5.92 Å². The lowest BCUT2D eigenvalue weighted by Gasteiger charge is -2.31. The van der Waals surface area contributed by atoms with Crippen LogP contribution in [0.2, 0.25) is 0 Å². The lowest BCUT2D eigenvalue weighted by atomic mass is 9.97. The van der Waals surface area contributed by atoms with Crippen LogP contribution in [-0.4, -0.2) is 37.8 Å². The average Bonchev–Trinajstić information content (AvgIpc) is 2.89. The van der Waals surface area contributed by atoms with Gasteiger partial charge in [-0.15, -0.1) is 11.3 Å². The molecule has 140 valence electrons. The molecule has 1 aliphatic carbocycles. The minimum absolute atomic E-state index is 0.0363. The predicted molar refractivity (Wildman–Crippen MR) is 100 cm³/mol. The number of thiophene rings is 1. The van der Waals surface area contributed by atoms with Gasteiger partial charge in [-0.25, -0.2) is 8.42 Å². The number of hydrogen-bond acceptors (Lipinski definition) is 4. The van der Waals surface area contributed by atoms with E-state index >= 15 is 0 Å². The molecule has 1 aromatic rings. The van der Waals surface area contributed by atoms with Crippen LogP contribution in [0.25, 0.3) is 0 Å². The molecule has 2 heterocycles. The topological polar surface area (TPSA) is 66.5 Å². The van der Waals surface area contributed by atoms with E-state index in [1.54, 1.807) is 6.07 Å². The van der Waals surface area contributed by atoms with Gasteiger partial charge in [-0.05, 0) is 44.7 Å². The summed E-state index contributed by atoms with van der Waals surface area (Å²) in [6.45, 7) is 2.72. The molecule has 2 aliphatic rings. The maximum Gasteiger partial charge on any atom is 0.252 e. The van der Waals surface area contributed by atoms with Gasteiger partial charge < -0.3 is 5.32 Å². The fourth-order valence-corrected chi connectivity index (χ4v) is 6.76. The van der Waals surface area contributed by atoms with Crippen molar-refractivity contribution in [2.45, 2.75) is 68.5 Å². The average molecular weight is 385 g/mol. The molecule has 5 nitrogen and oxygen atoms in total. The van der Waals surface area contributed by atoms with Crippen LogP contribution in [0.4, 0.5) is 0 Å². The number of sulfonamides is 1. The van der Waals surface area contributed by atoms with E-state index in [1.165, 1.54) is 41.3 Å². The van der Waals surface area contributed by atoms with Crippen molar-refractivity contribution >= 4 is 27.3 Å². The standard InChI is InChI=1S/C18H28N2O3S2/c1-14-10-11-17(24-14)25(22,23)20-12-6-7-15(13-20)18(21)19-16-8-4-2-3-5-9-16/h10-11,15-16H,2-9,12-13H2,1H3,(H,19,21)/t15-/m1/s1. The maximum atomic E-state index is 12.8. The smallest absolute Gasteiger partial charge is 0.252 e. The molecule has 0 aromatic carbocycles. The van der Waals surface area contributed by atoms with Crippen molar-refractivity contribution in [2.75, 3.05) is 13.1 Å². The normalized spacial score (nSPS) is 24.0. The third-order valence-electron chi connectivity index (χ3n) is 5.27. The van der Waals surface area contributed by atoms with E-state index in [9.17, 15) is 13.2 Å². The summed E-state index contributed by atoms with van der Waals surface area (Å²) >= 11 is 1.30. The molecular formula is C18H28N2O3S2. The molecular weight excluding hydrogens is 356 g/mol. The Labute approximate surface area is 154 Å². The number of hydrogen-bond donors (Lipinski definition) is 1. The summed E-state index contributed by atoms with van der Waals surface area (Å²) < 4.78 is 27.5. The molecule has 1 N–H and O–H groups in total. The lowest BCUT2D eigenvalue weighted by Crippen LogP contribution is -2.47. The number of aryl methyl sites for hydroxylation is 1. The molecule has 0 radical (unpaired) electrons. The molecule has 1 saturated heterocycles. The van der Waals surface area contributed by atoms with Crippen LogP contribution in [0.1, 0.15) is 56.2 Å². The van der Waals surface area contributed by atoms with Crippen molar-refractivity contribution < 1.29 is 13.2 Å². The SMILES string of the molecule is Cc1ccc(S(=O)(=O)N2CCC[C@@H](C(=O)NC3CCCCCC3)C2)s1. The van der Waals surface area contributed by atoms with E-state index in [4.69, 9.17) is 0 Å². The predicted octanol–water partition coefficient (Wildman–Crippen LogP) is 3.30. The van der Waals surface area contributed by atoms with Crippen molar-refractivity contribution in [3.63, 3.8) is 0 Å². The number of carbonyl (C=O) groups excluding carboxylic acids is 1. The quantitative estimate of drug-likeness (QED) is 0.810. The summed E-state index contributed by atoms with van der Waals surface area (Å²) in [5.41, 5.74) is 0. The van der Waals surface area contributed by atoms with Crippen molar-refractivity contribution in [3.8, 4) is 0 Å². The highest BCUT2D eigenvalue weighted by Crippen LogP contribution is 2.28. The number of nitrogens with zero attached hydrogens (tertiary/aromatic N) is 1. The lowest BCUT2D eigenvalue weighted by molar-refractivity contribution is -0.126. The van der Waals surface area contributed by atoms with Gasteiger partial charge in [0.2, 0.25) is 5.91 Å². The Morgan fingerprint density at radius 3 is 2.48 bits per heavy atom. The van der Waals surface area contributed by atoms with Crippen LogP contribution in [-0.2, 0) is 14.8 Å². The number of amides is 1. The molecule has 1 atom stereocenters. The van der Waals surface area contributed by atoms with E-state index < -0.39 is 10.0 Å². The van der Waals surface area contributed by atoms with Gasteiger partial charge in [0.15, 0.2) is 0 Å². The summed E-state index contributed by atoms with van der Waals surface area (Å²) in [6.07, 6.45) is 8.47. The van der Waals surface area contributed by atoms with Crippen molar-refractivity contribution in [3.05, 3.63) is 17.0 Å². The number of carbonyl (C=O) groups is 1. The minimum atomic E-state index is -3.47. The van der Waals surface area contributed by atoms with E-state index in [-0.39, 0.29) is 17.9 Å². The molecule has 2 fully saturated rings. The third kappa shape index (κ3) is 4.63. The Balaban J connectivity index is 1.63. The second kappa shape index (κ2) is 8.18. The largest absolute Gasteiger partial charge is 0.353 e. The molecule has 1 saturated carbocycles. The fourth-order valence-electron chi connectivity index (χ4n) is 3.80. The third-order valence-corrected chi connectivity index (χ3v) is 8.60. The first kappa shape index (κ1) is 18.9. The van der Waals surface area contributed by atoms with Crippen LogP contribution in [0.15, 0.2) is 16.3 Å². The first-order chi connectivity index (χ1) is 12.0. The monoisotopic (exact) mass is 384 g/mol. The molecule has 1 aliphatic heterocycles. The molecule has 0 unspecified atom stereocenters. The minimum Gasteiger partial charge on any atom is -0.353 e. The van der Waals surface area contributed by atoms with Crippen LogP contribution in [0.5, 0.6) is 0 Å². The van der Waals surface area contributed by atoms with Crippen LogP contribution in [0, 0.1) is 12.8 Å². The zero-order valence-corrected chi connectivity index (χ0v) is 16.5. The van der Waals surface area contributed by atoms with E-state index in [0.29, 0.717) is 17.3 Å². The Bertz CT molecular complexity index is 691. The summed E-state index contributed by atoms with van der Waals surface area (Å²) in [5, 5.41) is 3.19. The summed E-state index contributed by atoms with van der Waals surface area (Å²) in [7, 11) is -3.47. The van der Waals surface area contributed by atoms with Gasteiger partial charge in [-0.2, -0.15) is 4.31 Å². The molecule has 1 amide bonds. The van der Waals surface area contributed by atoms with E-state index in [1.807, 2.05) is 13.0 Å². The first-order valence-corrected chi connectivity index (χ1v) is 11.6. The number of rotatable bonds is 4. The Kier molecular flexibility index (Phi) is 6.17. The van der Waals surface area contributed by atoms with Gasteiger partial charge in [-0.3, -0.25) is 4.79 Å². The Morgan fingerprint density at radius 2 is 1.84 bits per heavy atom. The summed E-state index contributed by atoms with van der Waals surface area (Å²) in [6, 6.07) is 3.77.